The maximum absolute atomic E-state index is 13.8. The van der Waals surface area contributed by atoms with Crippen LogP contribution in [0.3, 0.4) is 0 Å². The van der Waals surface area contributed by atoms with E-state index >= 15 is 0 Å². The molecular formula is C32H35N5O6S. The second kappa shape index (κ2) is 15.1. The monoisotopic (exact) mass is 617 g/mol. The molecule has 11 nitrogen and oxygen atoms in total. The molecule has 1 heterocycles. The number of para-hydroxylation sites is 1. The number of amides is 3. The predicted molar refractivity (Wildman–Crippen MR) is 169 cm³/mol. The van der Waals surface area contributed by atoms with E-state index in [4.69, 9.17) is 5.73 Å². The Bertz CT molecular complexity index is 1590. The van der Waals surface area contributed by atoms with Crippen molar-refractivity contribution in [3.8, 4) is 5.75 Å². The average Bonchev–Trinajstić information content (AvgIpc) is 3.43. The van der Waals surface area contributed by atoms with Gasteiger partial charge in [-0.25, -0.2) is 4.79 Å². The van der Waals surface area contributed by atoms with Crippen LogP contribution in [-0.4, -0.2) is 68.8 Å². The number of H-pyrrole nitrogens is 1. The number of thiol groups is 1. The molecule has 0 aliphatic carbocycles. The highest BCUT2D eigenvalue weighted by molar-refractivity contribution is 7.80. The molecule has 4 rings (SSSR count). The molecule has 12 heteroatoms. The number of fused-ring (bicyclic) bond motifs is 1. The number of carbonyl (C=O) groups excluding carboxylic acids is 3. The summed E-state index contributed by atoms with van der Waals surface area (Å²) in [4.78, 5) is 55.4. The molecule has 4 aromatic rings. The number of aliphatic carboxylic acids is 1. The number of hydrogen-bond donors (Lipinski definition) is 8. The second-order valence-electron chi connectivity index (χ2n) is 10.4. The number of phenolic OH excluding ortho intramolecular Hbond substituents is 1. The minimum Gasteiger partial charge on any atom is -0.508 e. The molecule has 0 saturated carbocycles. The fourth-order valence-electron chi connectivity index (χ4n) is 4.76. The van der Waals surface area contributed by atoms with Crippen molar-refractivity contribution in [2.45, 2.75) is 43.4 Å². The van der Waals surface area contributed by atoms with E-state index in [0.29, 0.717) is 5.56 Å². The number of aromatic amines is 1. The van der Waals surface area contributed by atoms with Gasteiger partial charge in [-0.05, 0) is 34.9 Å². The number of phenols is 1. The fourth-order valence-corrected chi connectivity index (χ4v) is 4.93. The highest BCUT2D eigenvalue weighted by atomic mass is 32.1. The lowest BCUT2D eigenvalue weighted by atomic mass is 10.0. The van der Waals surface area contributed by atoms with Crippen molar-refractivity contribution in [2.75, 3.05) is 5.75 Å². The van der Waals surface area contributed by atoms with E-state index in [1.165, 1.54) is 12.1 Å². The molecule has 0 spiro atoms. The lowest BCUT2D eigenvalue weighted by molar-refractivity contribution is -0.142. The summed E-state index contributed by atoms with van der Waals surface area (Å²) in [7, 11) is 0. The van der Waals surface area contributed by atoms with Gasteiger partial charge in [0.2, 0.25) is 17.7 Å². The summed E-state index contributed by atoms with van der Waals surface area (Å²) in [5, 5.41) is 28.3. The van der Waals surface area contributed by atoms with Gasteiger partial charge in [0.25, 0.3) is 0 Å². The van der Waals surface area contributed by atoms with Crippen LogP contribution < -0.4 is 21.7 Å². The van der Waals surface area contributed by atoms with Gasteiger partial charge >= 0.3 is 5.97 Å². The molecule has 3 aromatic carbocycles. The highest BCUT2D eigenvalue weighted by Crippen LogP contribution is 2.19. The first-order valence-corrected chi connectivity index (χ1v) is 14.6. The summed E-state index contributed by atoms with van der Waals surface area (Å²) in [6, 6.07) is 17.9. The Morgan fingerprint density at radius 2 is 1.27 bits per heavy atom. The van der Waals surface area contributed by atoms with Crippen LogP contribution in [0.5, 0.6) is 5.75 Å². The Hall–Kier alpha value is -4.81. The highest BCUT2D eigenvalue weighted by Gasteiger charge is 2.31. The molecule has 0 saturated heterocycles. The van der Waals surface area contributed by atoms with Crippen molar-refractivity contribution in [1.82, 2.24) is 20.9 Å². The molecule has 4 atom stereocenters. The summed E-state index contributed by atoms with van der Waals surface area (Å²) in [5.74, 6) is -3.11. The SMILES string of the molecule is NC(CS)C(=O)NC(Cc1c[nH]c2ccccc12)C(=O)NC(Cc1ccccc1)C(=O)NC(Cc1ccc(O)cc1)C(=O)O. The number of aromatic hydroxyl groups is 1. The van der Waals surface area contributed by atoms with Crippen molar-refractivity contribution in [3.05, 3.63) is 102 Å². The van der Waals surface area contributed by atoms with Gasteiger partial charge in [-0.15, -0.1) is 0 Å². The van der Waals surface area contributed by atoms with Gasteiger partial charge in [-0.2, -0.15) is 12.6 Å². The molecule has 1 aromatic heterocycles. The quantitative estimate of drug-likeness (QED) is 0.0989. The maximum Gasteiger partial charge on any atom is 0.326 e. The zero-order valence-electron chi connectivity index (χ0n) is 23.8. The van der Waals surface area contributed by atoms with E-state index in [0.717, 1.165) is 22.0 Å². The van der Waals surface area contributed by atoms with E-state index in [2.05, 4.69) is 33.6 Å². The van der Waals surface area contributed by atoms with E-state index < -0.39 is 47.9 Å². The molecule has 0 bridgehead atoms. The van der Waals surface area contributed by atoms with Crippen molar-refractivity contribution >= 4 is 47.2 Å². The van der Waals surface area contributed by atoms with E-state index in [1.54, 1.807) is 42.6 Å². The summed E-state index contributed by atoms with van der Waals surface area (Å²) < 4.78 is 0. The number of benzene rings is 3. The number of carbonyl (C=O) groups is 4. The molecule has 8 N–H and O–H groups in total. The smallest absolute Gasteiger partial charge is 0.326 e. The number of rotatable bonds is 14. The number of hydrogen-bond acceptors (Lipinski definition) is 7. The van der Waals surface area contributed by atoms with Gasteiger partial charge in [-0.3, -0.25) is 14.4 Å². The standard InChI is InChI=1S/C32H35N5O6S/c33-24(18-44)29(39)35-27(16-21-17-34-25-9-5-4-8-23(21)25)31(41)36-26(14-19-6-2-1-3-7-19)30(40)37-28(32(42)43)15-20-10-12-22(38)13-11-20/h1-13,17,24,26-28,34,38,44H,14-16,18,33H2,(H,35,39)(H,36,41)(H,37,40)(H,42,43). The first-order valence-electron chi connectivity index (χ1n) is 14.0. The topological polar surface area (TPSA) is 187 Å². The summed E-state index contributed by atoms with van der Waals surface area (Å²) in [5.41, 5.74) is 8.81. The summed E-state index contributed by atoms with van der Waals surface area (Å²) >= 11 is 4.09. The first kappa shape index (κ1) is 32.1. The zero-order valence-corrected chi connectivity index (χ0v) is 24.7. The van der Waals surface area contributed by atoms with Crippen LogP contribution in [0.2, 0.25) is 0 Å². The minimum atomic E-state index is -1.31. The Balaban J connectivity index is 1.58. The van der Waals surface area contributed by atoms with Crippen LogP contribution in [0.4, 0.5) is 0 Å². The third-order valence-electron chi connectivity index (χ3n) is 7.17. The maximum atomic E-state index is 13.8. The molecule has 230 valence electrons. The number of carboxylic acid groups (broad SMARTS) is 1. The third kappa shape index (κ3) is 8.62. The van der Waals surface area contributed by atoms with Gasteiger partial charge in [-0.1, -0.05) is 60.7 Å². The molecule has 4 unspecified atom stereocenters. The Kier molecular flexibility index (Phi) is 11.0. The molecular weight excluding hydrogens is 582 g/mol. The molecule has 0 aliphatic rings. The lowest BCUT2D eigenvalue weighted by Gasteiger charge is -2.25. The number of nitrogens with one attached hydrogen (secondary N) is 4. The molecule has 0 radical (unpaired) electrons. The van der Waals surface area contributed by atoms with Crippen molar-refractivity contribution < 1.29 is 29.4 Å². The van der Waals surface area contributed by atoms with Gasteiger partial charge in [0.05, 0.1) is 6.04 Å². The summed E-state index contributed by atoms with van der Waals surface area (Å²) in [6.45, 7) is 0. The number of carboxylic acids is 1. The summed E-state index contributed by atoms with van der Waals surface area (Å²) in [6.07, 6.45) is 1.87. The van der Waals surface area contributed by atoms with Gasteiger partial charge < -0.3 is 36.9 Å². The lowest BCUT2D eigenvalue weighted by Crippen LogP contribution is -2.58. The van der Waals surface area contributed by atoms with Crippen LogP contribution in [0.15, 0.2) is 85.1 Å². The van der Waals surface area contributed by atoms with Crippen LogP contribution in [0.1, 0.15) is 16.7 Å². The average molecular weight is 618 g/mol. The Morgan fingerprint density at radius 1 is 0.727 bits per heavy atom. The van der Waals surface area contributed by atoms with Gasteiger partial charge in [0.1, 0.15) is 23.9 Å². The van der Waals surface area contributed by atoms with Gasteiger partial charge in [0, 0.05) is 42.1 Å². The second-order valence-corrected chi connectivity index (χ2v) is 10.8. The van der Waals surface area contributed by atoms with Crippen LogP contribution in [-0.2, 0) is 38.4 Å². The van der Waals surface area contributed by atoms with Crippen molar-refractivity contribution in [1.29, 1.82) is 0 Å². The predicted octanol–water partition coefficient (Wildman–Crippen LogP) is 1.70. The van der Waals surface area contributed by atoms with Crippen molar-refractivity contribution in [2.24, 2.45) is 5.73 Å². The van der Waals surface area contributed by atoms with Crippen LogP contribution in [0, 0.1) is 0 Å². The Morgan fingerprint density at radius 3 is 1.93 bits per heavy atom. The van der Waals surface area contributed by atoms with E-state index in [1.807, 2.05) is 30.3 Å². The van der Waals surface area contributed by atoms with Gasteiger partial charge in [0.15, 0.2) is 0 Å². The largest absolute Gasteiger partial charge is 0.508 e. The Labute approximate surface area is 259 Å². The zero-order chi connectivity index (χ0) is 31.6. The van der Waals surface area contributed by atoms with E-state index in [-0.39, 0.29) is 30.8 Å². The molecule has 0 fully saturated rings. The van der Waals surface area contributed by atoms with Crippen LogP contribution in [0.25, 0.3) is 10.9 Å². The van der Waals surface area contributed by atoms with Crippen LogP contribution >= 0.6 is 12.6 Å². The number of nitrogens with two attached hydrogens (primary N) is 1. The van der Waals surface area contributed by atoms with E-state index in [9.17, 15) is 29.4 Å². The molecule has 44 heavy (non-hydrogen) atoms. The number of aromatic nitrogens is 1. The first-order chi connectivity index (χ1) is 21.1. The minimum absolute atomic E-state index is 0.0277. The molecule has 0 aliphatic heterocycles. The van der Waals surface area contributed by atoms with Crippen molar-refractivity contribution in [3.63, 3.8) is 0 Å². The molecule has 3 amide bonds. The fraction of sp³-hybridized carbons (Fsp3) is 0.250. The normalized spacial score (nSPS) is 13.8. The third-order valence-corrected chi connectivity index (χ3v) is 7.57.